The van der Waals surface area contributed by atoms with Crippen LogP contribution in [-0.4, -0.2) is 12.6 Å². The summed E-state index contributed by atoms with van der Waals surface area (Å²) in [5.41, 5.74) is 0. The van der Waals surface area contributed by atoms with Crippen molar-refractivity contribution in [1.29, 1.82) is 5.26 Å². The van der Waals surface area contributed by atoms with Crippen molar-refractivity contribution in [2.24, 2.45) is 11.8 Å². The molecule has 0 bridgehead atoms. The van der Waals surface area contributed by atoms with Gasteiger partial charge in [-0.3, -0.25) is 0 Å². The Hall–Kier alpha value is -0.550. The van der Waals surface area contributed by atoms with Crippen LogP contribution in [0.3, 0.4) is 0 Å². The summed E-state index contributed by atoms with van der Waals surface area (Å²) in [6.45, 7) is 5.51. The van der Waals surface area contributed by atoms with Crippen molar-refractivity contribution in [2.75, 3.05) is 6.54 Å². The van der Waals surface area contributed by atoms with Gasteiger partial charge in [0.2, 0.25) is 0 Å². The largest absolute Gasteiger partial charge is 0.313 e. The Bertz CT molecular complexity index is 199. The summed E-state index contributed by atoms with van der Waals surface area (Å²) in [6, 6.07) is 2.57. The van der Waals surface area contributed by atoms with Gasteiger partial charge in [0.05, 0.1) is 12.5 Å². The van der Waals surface area contributed by atoms with Gasteiger partial charge >= 0.3 is 0 Å². The number of rotatable bonds is 5. The average Bonchev–Trinajstić information content (AvgIpc) is 2.27. The van der Waals surface area contributed by atoms with E-state index in [9.17, 15) is 0 Å². The van der Waals surface area contributed by atoms with Crippen LogP contribution < -0.4 is 5.32 Å². The number of nitrogens with zero attached hydrogens (tertiary/aromatic N) is 1. The van der Waals surface area contributed by atoms with Crippen LogP contribution in [0.4, 0.5) is 0 Å². The Labute approximate surface area is 94.1 Å². The third kappa shape index (κ3) is 4.66. The first kappa shape index (κ1) is 12.5. The fraction of sp³-hybridized carbons (Fsp3) is 0.923. The molecule has 0 saturated heterocycles. The molecule has 86 valence electrons. The summed E-state index contributed by atoms with van der Waals surface area (Å²) in [4.78, 5) is 0. The number of hydrogen-bond acceptors (Lipinski definition) is 2. The molecule has 1 unspecified atom stereocenters. The number of hydrogen-bond donors (Lipinski definition) is 1. The summed E-state index contributed by atoms with van der Waals surface area (Å²) in [5.74, 6) is 1.84. The maximum Gasteiger partial charge on any atom is 0.0638 e. The second kappa shape index (κ2) is 6.85. The van der Waals surface area contributed by atoms with Gasteiger partial charge in [0.15, 0.2) is 0 Å². The average molecular weight is 208 g/mol. The minimum absolute atomic E-state index is 0.360. The predicted octanol–water partition coefficient (Wildman–Crippen LogP) is 3.09. The van der Waals surface area contributed by atoms with Crippen LogP contribution in [0.1, 0.15) is 52.4 Å². The lowest BCUT2D eigenvalue weighted by molar-refractivity contribution is 0.258. The molecule has 1 fully saturated rings. The minimum Gasteiger partial charge on any atom is -0.313 e. The van der Waals surface area contributed by atoms with Crippen molar-refractivity contribution in [2.45, 2.75) is 58.4 Å². The minimum atomic E-state index is 0.360. The van der Waals surface area contributed by atoms with E-state index in [2.05, 4.69) is 25.2 Å². The Kier molecular flexibility index (Phi) is 5.71. The highest BCUT2D eigenvalue weighted by atomic mass is 14.9. The quantitative estimate of drug-likeness (QED) is 0.753. The van der Waals surface area contributed by atoms with Gasteiger partial charge < -0.3 is 5.32 Å². The summed E-state index contributed by atoms with van der Waals surface area (Å²) >= 11 is 0. The zero-order valence-electron chi connectivity index (χ0n) is 10.1. The van der Waals surface area contributed by atoms with Gasteiger partial charge in [-0.05, 0) is 38.1 Å². The summed E-state index contributed by atoms with van der Waals surface area (Å²) < 4.78 is 0. The first-order chi connectivity index (χ1) is 7.26. The molecule has 15 heavy (non-hydrogen) atoms. The molecule has 1 rings (SSSR count). The molecule has 0 aromatic carbocycles. The molecule has 1 saturated carbocycles. The van der Waals surface area contributed by atoms with Crippen molar-refractivity contribution in [3.05, 3.63) is 0 Å². The van der Waals surface area contributed by atoms with Gasteiger partial charge in [-0.15, -0.1) is 0 Å². The lowest BCUT2D eigenvalue weighted by atomic mass is 9.81. The molecule has 0 radical (unpaired) electrons. The maximum absolute atomic E-state index is 8.55. The predicted molar refractivity (Wildman–Crippen MR) is 63.4 cm³/mol. The SMILES string of the molecule is CCC1CCC(CNC(C)CC#N)CC1. The zero-order chi connectivity index (χ0) is 11.1. The van der Waals surface area contributed by atoms with Crippen molar-refractivity contribution in [1.82, 2.24) is 5.32 Å². The summed E-state index contributed by atoms with van der Waals surface area (Å²) in [5, 5.41) is 12.0. The molecule has 0 aliphatic heterocycles. The molecule has 0 spiro atoms. The van der Waals surface area contributed by atoms with Gasteiger partial charge in [-0.2, -0.15) is 5.26 Å². The second-order valence-corrected chi connectivity index (χ2v) is 4.97. The summed E-state index contributed by atoms with van der Waals surface area (Å²) in [6.07, 6.45) is 7.57. The third-order valence-electron chi connectivity index (χ3n) is 3.70. The Balaban J connectivity index is 2.11. The third-order valence-corrected chi connectivity index (χ3v) is 3.70. The van der Waals surface area contributed by atoms with Crippen LogP contribution in [-0.2, 0) is 0 Å². The molecule has 0 aromatic rings. The van der Waals surface area contributed by atoms with E-state index in [0.29, 0.717) is 12.5 Å². The van der Waals surface area contributed by atoms with Crippen molar-refractivity contribution in [3.8, 4) is 6.07 Å². The topological polar surface area (TPSA) is 35.8 Å². The standard InChI is InChI=1S/C13H24N2/c1-3-12-4-6-13(7-5-12)10-15-11(2)8-9-14/h11-13,15H,3-8,10H2,1-2H3. The molecule has 1 aliphatic rings. The van der Waals surface area contributed by atoms with E-state index in [4.69, 9.17) is 5.26 Å². The molecule has 0 heterocycles. The molecular formula is C13H24N2. The molecule has 2 heteroatoms. The molecule has 1 N–H and O–H groups in total. The maximum atomic E-state index is 8.55. The molecule has 2 nitrogen and oxygen atoms in total. The van der Waals surface area contributed by atoms with Crippen LogP contribution >= 0.6 is 0 Å². The fourth-order valence-electron chi connectivity index (χ4n) is 2.42. The Morgan fingerprint density at radius 3 is 2.40 bits per heavy atom. The highest BCUT2D eigenvalue weighted by molar-refractivity contribution is 4.79. The first-order valence-electron chi connectivity index (χ1n) is 6.36. The zero-order valence-corrected chi connectivity index (χ0v) is 10.1. The van der Waals surface area contributed by atoms with Gasteiger partial charge in [0.25, 0.3) is 0 Å². The second-order valence-electron chi connectivity index (χ2n) is 4.97. The lowest BCUT2D eigenvalue weighted by Crippen LogP contribution is -2.32. The highest BCUT2D eigenvalue weighted by Crippen LogP contribution is 2.30. The molecule has 1 atom stereocenters. The van der Waals surface area contributed by atoms with E-state index in [1.807, 2.05) is 0 Å². The van der Waals surface area contributed by atoms with Crippen LogP contribution in [0.25, 0.3) is 0 Å². The van der Waals surface area contributed by atoms with Crippen LogP contribution in [0, 0.1) is 23.2 Å². The Morgan fingerprint density at radius 2 is 1.87 bits per heavy atom. The van der Waals surface area contributed by atoms with Gasteiger partial charge in [-0.25, -0.2) is 0 Å². The first-order valence-corrected chi connectivity index (χ1v) is 6.36. The monoisotopic (exact) mass is 208 g/mol. The highest BCUT2D eigenvalue weighted by Gasteiger charge is 2.19. The van der Waals surface area contributed by atoms with Crippen molar-refractivity contribution >= 4 is 0 Å². The van der Waals surface area contributed by atoms with E-state index < -0.39 is 0 Å². The molecular weight excluding hydrogens is 184 g/mol. The summed E-state index contributed by atoms with van der Waals surface area (Å²) in [7, 11) is 0. The molecule has 0 amide bonds. The van der Waals surface area contributed by atoms with Crippen LogP contribution in [0.2, 0.25) is 0 Å². The van der Waals surface area contributed by atoms with E-state index >= 15 is 0 Å². The molecule has 1 aliphatic carbocycles. The van der Waals surface area contributed by atoms with Gasteiger partial charge in [0.1, 0.15) is 0 Å². The van der Waals surface area contributed by atoms with Gasteiger partial charge in [-0.1, -0.05) is 26.2 Å². The number of nitrogens with one attached hydrogen (secondary N) is 1. The van der Waals surface area contributed by atoms with E-state index in [1.165, 1.54) is 32.1 Å². The van der Waals surface area contributed by atoms with Crippen LogP contribution in [0.5, 0.6) is 0 Å². The lowest BCUT2D eigenvalue weighted by Gasteiger charge is -2.28. The van der Waals surface area contributed by atoms with Gasteiger partial charge in [0, 0.05) is 6.04 Å². The Morgan fingerprint density at radius 1 is 1.27 bits per heavy atom. The van der Waals surface area contributed by atoms with E-state index in [1.54, 1.807) is 0 Å². The van der Waals surface area contributed by atoms with Crippen molar-refractivity contribution < 1.29 is 0 Å². The number of nitriles is 1. The molecule has 0 aromatic heterocycles. The van der Waals surface area contributed by atoms with Crippen molar-refractivity contribution in [3.63, 3.8) is 0 Å². The van der Waals surface area contributed by atoms with E-state index in [-0.39, 0.29) is 0 Å². The van der Waals surface area contributed by atoms with Crippen LogP contribution in [0.15, 0.2) is 0 Å². The smallest absolute Gasteiger partial charge is 0.0638 e. The normalized spacial score (nSPS) is 28.3. The van der Waals surface area contributed by atoms with E-state index in [0.717, 1.165) is 18.4 Å². The fourth-order valence-corrected chi connectivity index (χ4v) is 2.42.